The molecule has 0 bridgehead atoms. The van der Waals surface area contributed by atoms with Crippen LogP contribution in [0, 0.1) is 11.3 Å². The summed E-state index contributed by atoms with van der Waals surface area (Å²) in [6.45, 7) is 7.31. The predicted molar refractivity (Wildman–Crippen MR) is 83.8 cm³/mol. The maximum atomic E-state index is 12.3. The second-order valence-electron chi connectivity index (χ2n) is 7.66. The van der Waals surface area contributed by atoms with Gasteiger partial charge in [-0.15, -0.1) is 0 Å². The van der Waals surface area contributed by atoms with Gasteiger partial charge in [-0.3, -0.25) is 9.59 Å². The van der Waals surface area contributed by atoms with E-state index in [4.69, 9.17) is 0 Å². The van der Waals surface area contributed by atoms with E-state index < -0.39 is 0 Å². The molecule has 0 aromatic heterocycles. The number of nitrogens with one attached hydrogen (secondary N) is 1. The van der Waals surface area contributed by atoms with Gasteiger partial charge in [0.05, 0.1) is 0 Å². The highest BCUT2D eigenvalue weighted by Crippen LogP contribution is 2.24. The van der Waals surface area contributed by atoms with Crippen LogP contribution in [0.15, 0.2) is 0 Å². The van der Waals surface area contributed by atoms with Crippen molar-refractivity contribution in [3.8, 4) is 0 Å². The van der Waals surface area contributed by atoms with Crippen molar-refractivity contribution < 1.29 is 9.59 Å². The van der Waals surface area contributed by atoms with Crippen LogP contribution < -0.4 is 5.32 Å². The highest BCUT2D eigenvalue weighted by atomic mass is 16.2. The molecule has 2 rings (SSSR count). The SMILES string of the molecule is CC(C)(C)C(=O)N1CCC(C(=O)NC2CCCCC2)CC1. The Kier molecular flexibility index (Phi) is 5.28. The van der Waals surface area contributed by atoms with Gasteiger partial charge < -0.3 is 10.2 Å². The Hall–Kier alpha value is -1.06. The number of hydrogen-bond donors (Lipinski definition) is 1. The molecule has 1 aliphatic carbocycles. The van der Waals surface area contributed by atoms with Gasteiger partial charge in [-0.05, 0) is 25.7 Å². The van der Waals surface area contributed by atoms with E-state index >= 15 is 0 Å². The predicted octanol–water partition coefficient (Wildman–Crippen LogP) is 2.72. The Labute approximate surface area is 128 Å². The maximum absolute atomic E-state index is 12.3. The molecule has 0 aromatic rings. The van der Waals surface area contributed by atoms with Crippen molar-refractivity contribution in [2.45, 2.75) is 71.8 Å². The largest absolute Gasteiger partial charge is 0.353 e. The zero-order chi connectivity index (χ0) is 15.5. The average molecular weight is 294 g/mol. The van der Waals surface area contributed by atoms with E-state index in [1.807, 2.05) is 25.7 Å². The Morgan fingerprint density at radius 2 is 1.52 bits per heavy atom. The molecule has 0 aromatic carbocycles. The lowest BCUT2D eigenvalue weighted by atomic mass is 9.90. The molecule has 0 atom stereocenters. The van der Waals surface area contributed by atoms with E-state index in [0.717, 1.165) is 38.8 Å². The topological polar surface area (TPSA) is 49.4 Å². The standard InChI is InChI=1S/C17H30N2O2/c1-17(2,3)16(21)19-11-9-13(10-12-19)15(20)18-14-7-5-4-6-8-14/h13-14H,4-12H2,1-3H3,(H,18,20). The summed E-state index contributed by atoms with van der Waals surface area (Å²) in [4.78, 5) is 26.5. The fraction of sp³-hybridized carbons (Fsp3) is 0.882. The molecular formula is C17H30N2O2. The van der Waals surface area contributed by atoms with E-state index in [1.165, 1.54) is 19.3 Å². The van der Waals surface area contributed by atoms with Crippen LogP contribution in [0.5, 0.6) is 0 Å². The van der Waals surface area contributed by atoms with E-state index in [1.54, 1.807) is 0 Å². The minimum Gasteiger partial charge on any atom is -0.353 e. The Morgan fingerprint density at radius 1 is 0.952 bits per heavy atom. The van der Waals surface area contributed by atoms with Crippen molar-refractivity contribution >= 4 is 11.8 Å². The second kappa shape index (κ2) is 6.80. The van der Waals surface area contributed by atoms with Gasteiger partial charge in [0.15, 0.2) is 0 Å². The van der Waals surface area contributed by atoms with Gasteiger partial charge in [0.25, 0.3) is 0 Å². The summed E-state index contributed by atoms with van der Waals surface area (Å²) in [7, 11) is 0. The third kappa shape index (κ3) is 4.45. The van der Waals surface area contributed by atoms with Crippen LogP contribution in [0.4, 0.5) is 0 Å². The molecule has 1 saturated carbocycles. The highest BCUT2D eigenvalue weighted by molar-refractivity contribution is 5.82. The summed E-state index contributed by atoms with van der Waals surface area (Å²) in [5.41, 5.74) is -0.322. The molecule has 1 aliphatic heterocycles. The number of likely N-dealkylation sites (tertiary alicyclic amines) is 1. The van der Waals surface area contributed by atoms with Gasteiger partial charge in [-0.25, -0.2) is 0 Å². The molecule has 2 amide bonds. The van der Waals surface area contributed by atoms with Gasteiger partial charge in [0.1, 0.15) is 0 Å². The van der Waals surface area contributed by atoms with Crippen molar-refractivity contribution in [2.24, 2.45) is 11.3 Å². The number of amides is 2. The lowest BCUT2D eigenvalue weighted by Gasteiger charge is -2.36. The van der Waals surface area contributed by atoms with Crippen LogP contribution in [0.1, 0.15) is 65.7 Å². The van der Waals surface area contributed by atoms with E-state index in [2.05, 4.69) is 5.32 Å². The minimum absolute atomic E-state index is 0.0935. The first kappa shape index (κ1) is 16.3. The first-order chi connectivity index (χ1) is 9.88. The number of piperidine rings is 1. The molecule has 4 nitrogen and oxygen atoms in total. The van der Waals surface area contributed by atoms with Gasteiger partial charge in [0, 0.05) is 30.5 Å². The summed E-state index contributed by atoms with van der Waals surface area (Å²) in [6, 6.07) is 0.389. The van der Waals surface area contributed by atoms with Crippen LogP contribution >= 0.6 is 0 Å². The van der Waals surface area contributed by atoms with Crippen molar-refractivity contribution in [3.05, 3.63) is 0 Å². The normalized spacial score (nSPS) is 22.1. The minimum atomic E-state index is -0.322. The van der Waals surface area contributed by atoms with Crippen LogP contribution in [-0.4, -0.2) is 35.8 Å². The monoisotopic (exact) mass is 294 g/mol. The zero-order valence-corrected chi connectivity index (χ0v) is 13.8. The van der Waals surface area contributed by atoms with E-state index in [9.17, 15) is 9.59 Å². The fourth-order valence-electron chi connectivity index (χ4n) is 3.39. The van der Waals surface area contributed by atoms with Gasteiger partial charge in [-0.1, -0.05) is 40.0 Å². The maximum Gasteiger partial charge on any atom is 0.227 e. The van der Waals surface area contributed by atoms with Gasteiger partial charge >= 0.3 is 0 Å². The van der Waals surface area contributed by atoms with Crippen LogP contribution in [0.2, 0.25) is 0 Å². The molecule has 0 radical (unpaired) electrons. The molecular weight excluding hydrogens is 264 g/mol. The summed E-state index contributed by atoms with van der Waals surface area (Å²) in [5, 5.41) is 3.22. The van der Waals surface area contributed by atoms with Crippen LogP contribution in [-0.2, 0) is 9.59 Å². The molecule has 0 spiro atoms. The number of carbonyl (C=O) groups excluding carboxylic acids is 2. The lowest BCUT2D eigenvalue weighted by molar-refractivity contribution is -0.142. The summed E-state index contributed by atoms with van der Waals surface area (Å²) < 4.78 is 0. The Bertz CT molecular complexity index is 373. The summed E-state index contributed by atoms with van der Waals surface area (Å²) in [5.74, 6) is 0.509. The molecule has 2 aliphatic rings. The zero-order valence-electron chi connectivity index (χ0n) is 13.8. The second-order valence-corrected chi connectivity index (χ2v) is 7.66. The first-order valence-electron chi connectivity index (χ1n) is 8.47. The van der Waals surface area contributed by atoms with Crippen molar-refractivity contribution in [1.82, 2.24) is 10.2 Å². The first-order valence-corrected chi connectivity index (χ1v) is 8.47. The Balaban J connectivity index is 1.78. The smallest absolute Gasteiger partial charge is 0.227 e. The van der Waals surface area contributed by atoms with Gasteiger partial charge in [-0.2, -0.15) is 0 Å². The van der Waals surface area contributed by atoms with Crippen LogP contribution in [0.25, 0.3) is 0 Å². The summed E-state index contributed by atoms with van der Waals surface area (Å²) >= 11 is 0. The molecule has 1 N–H and O–H groups in total. The molecule has 1 heterocycles. The van der Waals surface area contributed by atoms with Crippen molar-refractivity contribution in [2.75, 3.05) is 13.1 Å². The number of carbonyl (C=O) groups is 2. The number of nitrogens with zero attached hydrogens (tertiary/aromatic N) is 1. The molecule has 0 unspecified atom stereocenters. The average Bonchev–Trinajstić information content (AvgIpc) is 2.46. The van der Waals surface area contributed by atoms with Crippen molar-refractivity contribution in [1.29, 1.82) is 0 Å². The van der Waals surface area contributed by atoms with E-state index in [-0.39, 0.29) is 23.1 Å². The third-order valence-corrected chi connectivity index (χ3v) is 4.75. The van der Waals surface area contributed by atoms with Crippen molar-refractivity contribution in [3.63, 3.8) is 0 Å². The van der Waals surface area contributed by atoms with Crippen LogP contribution in [0.3, 0.4) is 0 Å². The lowest BCUT2D eigenvalue weighted by Crippen LogP contribution is -2.48. The number of hydrogen-bond acceptors (Lipinski definition) is 2. The highest BCUT2D eigenvalue weighted by Gasteiger charge is 2.32. The molecule has 21 heavy (non-hydrogen) atoms. The third-order valence-electron chi connectivity index (χ3n) is 4.75. The molecule has 120 valence electrons. The number of rotatable bonds is 2. The quantitative estimate of drug-likeness (QED) is 0.851. The molecule has 2 fully saturated rings. The van der Waals surface area contributed by atoms with Gasteiger partial charge in [0.2, 0.25) is 11.8 Å². The Morgan fingerprint density at radius 3 is 2.05 bits per heavy atom. The molecule has 1 saturated heterocycles. The summed E-state index contributed by atoms with van der Waals surface area (Å²) in [6.07, 6.45) is 7.66. The molecule has 4 heteroatoms. The van der Waals surface area contributed by atoms with E-state index in [0.29, 0.717) is 6.04 Å². The fourth-order valence-corrected chi connectivity index (χ4v) is 3.39.